The smallest absolute Gasteiger partial charge is 0.410 e. The van der Waals surface area contributed by atoms with E-state index < -0.39 is 23.8 Å². The Morgan fingerprint density at radius 2 is 1.74 bits per heavy atom. The van der Waals surface area contributed by atoms with Crippen molar-refractivity contribution in [1.82, 2.24) is 34.6 Å². The van der Waals surface area contributed by atoms with Gasteiger partial charge in [-0.05, 0) is 104 Å². The van der Waals surface area contributed by atoms with Gasteiger partial charge in [0.15, 0.2) is 5.82 Å². The van der Waals surface area contributed by atoms with Crippen LogP contribution in [-0.4, -0.2) is 118 Å². The number of rotatable bonds is 17. The second kappa shape index (κ2) is 21.5. The Kier molecular flexibility index (Phi) is 15.6. The third kappa shape index (κ3) is 12.3. The zero-order chi connectivity index (χ0) is 46.1. The maximum Gasteiger partial charge on any atom is 0.410 e. The number of para-hydroxylation sites is 1. The first-order chi connectivity index (χ1) is 31.3. The zero-order valence-corrected chi connectivity index (χ0v) is 39.8. The summed E-state index contributed by atoms with van der Waals surface area (Å²) < 4.78 is 44.6. The van der Waals surface area contributed by atoms with E-state index in [1.165, 1.54) is 29.8 Å². The predicted octanol–water partition coefficient (Wildman–Crippen LogP) is 8.84. The Morgan fingerprint density at radius 3 is 2.48 bits per heavy atom. The number of likely N-dealkylation sites (N-methyl/N-ethyl adjacent to an activating group) is 1. The van der Waals surface area contributed by atoms with Gasteiger partial charge in [0, 0.05) is 58.4 Å². The number of piperazine rings is 1. The minimum atomic E-state index is -1.19. The average Bonchev–Trinajstić information content (AvgIpc) is 3.64. The van der Waals surface area contributed by atoms with Gasteiger partial charge < -0.3 is 33.5 Å². The molecule has 3 aromatic carbocycles. The number of methoxy groups -OCH3 is 1. The van der Waals surface area contributed by atoms with Gasteiger partial charge in [0.2, 0.25) is 12.0 Å². The first-order valence-corrected chi connectivity index (χ1v) is 23.0. The van der Waals surface area contributed by atoms with Gasteiger partial charge in [-0.25, -0.2) is 33.9 Å². The van der Waals surface area contributed by atoms with Crippen molar-refractivity contribution in [2.24, 2.45) is 0 Å². The van der Waals surface area contributed by atoms with Crippen LogP contribution < -0.4 is 14.2 Å². The number of fused-ring (bicyclic) bond motifs is 1. The molecule has 0 spiro atoms. The number of carbonyl (C=O) groups is 2. The van der Waals surface area contributed by atoms with Crippen LogP contribution in [0.1, 0.15) is 44.5 Å². The van der Waals surface area contributed by atoms with Gasteiger partial charge in [0.1, 0.15) is 40.7 Å². The average molecular weight is 971 g/mol. The number of carbonyl (C=O) groups excluding carboxylic acids is 2. The van der Waals surface area contributed by atoms with Crippen molar-refractivity contribution in [3.05, 3.63) is 112 Å². The largest absolute Gasteiger partial charge is 0.496 e. The maximum absolute atomic E-state index is 13.9. The first-order valence-electron chi connectivity index (χ1n) is 21.4. The molecule has 4 heterocycles. The molecule has 1 amide bonds. The van der Waals surface area contributed by atoms with E-state index in [0.29, 0.717) is 56.4 Å². The van der Waals surface area contributed by atoms with Crippen molar-refractivity contribution in [1.29, 1.82) is 0 Å². The van der Waals surface area contributed by atoms with Crippen molar-refractivity contribution in [2.75, 3.05) is 60.0 Å². The van der Waals surface area contributed by atoms with Crippen LogP contribution in [0.3, 0.4) is 0 Å². The number of hydrogen-bond acceptors (Lipinski definition) is 14. The van der Waals surface area contributed by atoms with Gasteiger partial charge in [-0.1, -0.05) is 36.4 Å². The lowest BCUT2D eigenvalue weighted by molar-refractivity contribution is -0.151. The fourth-order valence-corrected chi connectivity index (χ4v) is 9.22. The second-order valence-corrected chi connectivity index (χ2v) is 18.3. The fourth-order valence-electron chi connectivity index (χ4n) is 7.23. The van der Waals surface area contributed by atoms with Gasteiger partial charge in [-0.15, -0.1) is 11.3 Å². The zero-order valence-electron chi connectivity index (χ0n) is 37.4. The summed E-state index contributed by atoms with van der Waals surface area (Å²) in [4.78, 5) is 53.7. The number of nitrogens with zero attached hydrogens (tertiary/aromatic N) is 7. The van der Waals surface area contributed by atoms with Crippen LogP contribution in [0.5, 0.6) is 17.4 Å². The molecule has 0 N–H and O–H groups in total. The molecule has 1 atom stereocenters. The van der Waals surface area contributed by atoms with Crippen molar-refractivity contribution in [3.63, 3.8) is 0 Å². The van der Waals surface area contributed by atoms with Crippen LogP contribution in [0.2, 0.25) is 0 Å². The minimum Gasteiger partial charge on any atom is -0.496 e. The number of aromatic nitrogens is 4. The van der Waals surface area contributed by atoms with E-state index in [1.54, 1.807) is 43.3 Å². The van der Waals surface area contributed by atoms with Gasteiger partial charge in [-0.3, -0.25) is 4.90 Å². The number of benzene rings is 3. The molecule has 1 aliphatic heterocycles. The van der Waals surface area contributed by atoms with E-state index in [1.807, 2.05) is 63.2 Å². The lowest BCUT2D eigenvalue weighted by Gasteiger charge is -2.34. The molecule has 342 valence electrons. The van der Waals surface area contributed by atoms with Crippen molar-refractivity contribution >= 4 is 49.5 Å². The molecule has 0 saturated carbocycles. The highest BCUT2D eigenvalue weighted by Gasteiger charge is 2.29. The lowest BCUT2D eigenvalue weighted by Crippen LogP contribution is -2.48. The summed E-state index contributed by atoms with van der Waals surface area (Å²) in [6, 6.07) is 21.1. The fraction of sp³-hybridized carbons (Fsp3) is 0.375. The van der Waals surface area contributed by atoms with Crippen LogP contribution in [-0.2, 0) is 33.8 Å². The molecule has 0 radical (unpaired) electrons. The highest BCUT2D eigenvalue weighted by atomic mass is 79.9. The molecule has 7 rings (SSSR count). The van der Waals surface area contributed by atoms with Gasteiger partial charge in [0.25, 0.3) is 0 Å². The van der Waals surface area contributed by atoms with E-state index in [-0.39, 0.29) is 37.9 Å². The van der Waals surface area contributed by atoms with Gasteiger partial charge in [-0.2, -0.15) is 0 Å². The molecule has 14 nitrogen and oxygen atoms in total. The van der Waals surface area contributed by atoms with Crippen molar-refractivity contribution in [3.8, 4) is 39.2 Å². The summed E-state index contributed by atoms with van der Waals surface area (Å²) >= 11 is 5.10. The van der Waals surface area contributed by atoms with Gasteiger partial charge >= 0.3 is 12.1 Å². The Labute approximate surface area is 390 Å². The lowest BCUT2D eigenvalue weighted by atomic mass is 10.0. The molecular weight excluding hydrogens is 918 g/mol. The van der Waals surface area contributed by atoms with Crippen LogP contribution in [0.25, 0.3) is 32.0 Å². The minimum absolute atomic E-state index is 0.00402. The number of esters is 1. The molecule has 1 saturated heterocycles. The third-order valence-corrected chi connectivity index (χ3v) is 12.8. The SMILES string of the molecule is CCOC(=O)[C@@H](Cc1cc(CN(CCN2CCN(C)CC2)C(=O)OC(C)(C)C)ccc1OCc1ccnc(-c2ccccc2OC)n1)Oc1ncnc2sc(-c3ccc(F)cc3)c(Br)c12. The summed E-state index contributed by atoms with van der Waals surface area (Å²) in [5.74, 6) is 0.783. The van der Waals surface area contributed by atoms with Crippen molar-refractivity contribution in [2.45, 2.75) is 59.0 Å². The Hall–Kier alpha value is -5.75. The van der Waals surface area contributed by atoms with E-state index >= 15 is 0 Å². The first kappa shape index (κ1) is 47.2. The van der Waals surface area contributed by atoms with Crippen LogP contribution in [0, 0.1) is 5.82 Å². The summed E-state index contributed by atoms with van der Waals surface area (Å²) in [5, 5.41) is 0.555. The standard InChI is InChI=1S/C48H53BrFN7O7S/c1-7-61-46(58)39(63-44-40-41(49)42(65-45(40)53-30-52-44)32-13-15-34(50)16-14-32)27-33-26-31(28-57(47(59)64-48(2,3)4)25-24-56-22-20-55(5)21-23-56)12-17-37(33)62-29-35-18-19-51-43(54-35)36-10-8-9-11-38(36)60-6/h8-19,26,30,39H,7,20-25,27-29H2,1-6H3/t39-/m1/s1. The normalized spacial score (nSPS) is 13.9. The number of thiophene rings is 1. The molecule has 17 heteroatoms. The third-order valence-electron chi connectivity index (χ3n) is 10.6. The molecule has 0 aliphatic carbocycles. The second-order valence-electron chi connectivity index (χ2n) is 16.5. The summed E-state index contributed by atoms with van der Waals surface area (Å²) in [6.07, 6.45) is 1.43. The van der Waals surface area contributed by atoms with E-state index in [4.69, 9.17) is 28.7 Å². The van der Waals surface area contributed by atoms with E-state index in [2.05, 4.69) is 47.7 Å². The molecule has 65 heavy (non-hydrogen) atoms. The highest BCUT2D eigenvalue weighted by molar-refractivity contribution is 9.10. The summed E-state index contributed by atoms with van der Waals surface area (Å²) in [6.45, 7) is 12.5. The molecule has 0 unspecified atom stereocenters. The Bertz CT molecular complexity index is 2580. The highest BCUT2D eigenvalue weighted by Crippen LogP contribution is 2.44. The monoisotopic (exact) mass is 969 g/mol. The Balaban J connectivity index is 1.22. The number of halogens is 2. The quantitative estimate of drug-likeness (QED) is 0.0805. The number of hydrogen-bond donors (Lipinski definition) is 0. The number of amides is 1. The summed E-state index contributed by atoms with van der Waals surface area (Å²) in [7, 11) is 3.71. The molecule has 3 aromatic heterocycles. The predicted molar refractivity (Wildman–Crippen MR) is 251 cm³/mol. The molecule has 1 fully saturated rings. The Morgan fingerprint density at radius 1 is 0.969 bits per heavy atom. The van der Waals surface area contributed by atoms with E-state index in [9.17, 15) is 14.0 Å². The van der Waals surface area contributed by atoms with E-state index in [0.717, 1.165) is 47.7 Å². The number of ether oxygens (including phenoxy) is 5. The van der Waals surface area contributed by atoms with Gasteiger partial charge in [0.05, 0.1) is 39.7 Å². The topological polar surface area (TPSA) is 142 Å². The van der Waals surface area contributed by atoms with Crippen LogP contribution in [0.15, 0.2) is 89.8 Å². The van der Waals surface area contributed by atoms with Crippen LogP contribution in [0.4, 0.5) is 9.18 Å². The molecule has 0 bridgehead atoms. The summed E-state index contributed by atoms with van der Waals surface area (Å²) in [5.41, 5.74) is 2.82. The molecule has 1 aliphatic rings. The van der Waals surface area contributed by atoms with Crippen LogP contribution >= 0.6 is 27.3 Å². The molecule has 6 aromatic rings. The maximum atomic E-state index is 13.9. The van der Waals surface area contributed by atoms with Crippen molar-refractivity contribution < 1.29 is 37.7 Å². The molecular formula is C48H53BrFN7O7S.